The third-order valence-corrected chi connectivity index (χ3v) is 5.18. The van der Waals surface area contributed by atoms with Gasteiger partial charge in [-0.15, -0.1) is 0 Å². The fraction of sp³-hybridized carbons (Fsp3) is 0.238. The van der Waals surface area contributed by atoms with Crippen LogP contribution < -0.4 is 11.1 Å². The standard InChI is InChI=1S/C21H21ClN4O/c22-21-19(23)20(16-7-1-2-8-17(16)25-21)24-12-14-5-3-6-15(11-14)13-26-10-4-9-18(26)27/h1-3,5-8,11H,4,9-10,12-13,23H2,(H,24,25). The van der Waals surface area contributed by atoms with E-state index in [9.17, 15) is 4.79 Å². The molecule has 1 amide bonds. The lowest BCUT2D eigenvalue weighted by molar-refractivity contribution is -0.128. The number of likely N-dealkylation sites (tertiary alicyclic amines) is 1. The van der Waals surface area contributed by atoms with Gasteiger partial charge < -0.3 is 16.0 Å². The number of nitrogens with one attached hydrogen (secondary N) is 1. The van der Waals surface area contributed by atoms with Crippen molar-refractivity contribution in [1.29, 1.82) is 0 Å². The van der Waals surface area contributed by atoms with Crippen LogP contribution in [0.3, 0.4) is 0 Å². The van der Waals surface area contributed by atoms with E-state index >= 15 is 0 Å². The minimum absolute atomic E-state index is 0.240. The minimum Gasteiger partial charge on any atom is -0.395 e. The Kier molecular flexibility index (Phi) is 4.86. The first-order chi connectivity index (χ1) is 13.1. The number of rotatable bonds is 5. The number of nitrogen functional groups attached to an aromatic ring is 1. The summed E-state index contributed by atoms with van der Waals surface area (Å²) in [5, 5.41) is 4.66. The molecule has 1 aromatic heterocycles. The zero-order valence-corrected chi connectivity index (χ0v) is 15.7. The van der Waals surface area contributed by atoms with Crippen molar-refractivity contribution in [2.24, 2.45) is 0 Å². The second-order valence-corrected chi connectivity index (χ2v) is 7.16. The van der Waals surface area contributed by atoms with Gasteiger partial charge in [0.1, 0.15) is 0 Å². The van der Waals surface area contributed by atoms with Crippen LogP contribution in [-0.2, 0) is 17.9 Å². The van der Waals surface area contributed by atoms with Crippen LogP contribution >= 0.6 is 11.6 Å². The Hall–Kier alpha value is -2.79. The number of para-hydroxylation sites is 1. The molecular weight excluding hydrogens is 360 g/mol. The molecule has 6 heteroatoms. The maximum absolute atomic E-state index is 11.8. The van der Waals surface area contributed by atoms with Crippen LogP contribution in [0, 0.1) is 0 Å². The van der Waals surface area contributed by atoms with Crippen LogP contribution in [0.4, 0.5) is 11.4 Å². The van der Waals surface area contributed by atoms with Crippen LogP contribution in [-0.4, -0.2) is 22.3 Å². The normalized spacial score (nSPS) is 14.1. The highest BCUT2D eigenvalue weighted by molar-refractivity contribution is 6.33. The van der Waals surface area contributed by atoms with E-state index in [4.69, 9.17) is 17.3 Å². The Balaban J connectivity index is 1.54. The van der Waals surface area contributed by atoms with Crippen molar-refractivity contribution in [3.8, 4) is 0 Å². The third kappa shape index (κ3) is 3.69. The number of benzene rings is 2. The van der Waals surface area contributed by atoms with E-state index in [0.29, 0.717) is 30.4 Å². The lowest BCUT2D eigenvalue weighted by Crippen LogP contribution is -2.23. The van der Waals surface area contributed by atoms with Crippen molar-refractivity contribution in [3.63, 3.8) is 0 Å². The van der Waals surface area contributed by atoms with Gasteiger partial charge in [-0.1, -0.05) is 54.1 Å². The molecule has 2 aromatic carbocycles. The van der Waals surface area contributed by atoms with Gasteiger partial charge in [-0.3, -0.25) is 4.79 Å². The number of halogens is 1. The topological polar surface area (TPSA) is 71.2 Å². The summed E-state index contributed by atoms with van der Waals surface area (Å²) in [4.78, 5) is 18.1. The van der Waals surface area contributed by atoms with E-state index in [2.05, 4.69) is 28.5 Å². The van der Waals surface area contributed by atoms with E-state index in [0.717, 1.165) is 40.7 Å². The average molecular weight is 381 g/mol. The van der Waals surface area contributed by atoms with E-state index in [-0.39, 0.29) is 5.91 Å². The second-order valence-electron chi connectivity index (χ2n) is 6.80. The van der Waals surface area contributed by atoms with Crippen molar-refractivity contribution < 1.29 is 4.79 Å². The molecule has 2 heterocycles. The molecule has 0 spiro atoms. The first-order valence-electron chi connectivity index (χ1n) is 9.05. The number of fused-ring (bicyclic) bond motifs is 1. The van der Waals surface area contributed by atoms with Gasteiger partial charge in [0, 0.05) is 31.4 Å². The molecule has 0 aliphatic carbocycles. The predicted octanol–water partition coefficient (Wildman–Crippen LogP) is 4.20. The highest BCUT2D eigenvalue weighted by Crippen LogP contribution is 2.33. The quantitative estimate of drug-likeness (QED) is 0.650. The fourth-order valence-corrected chi connectivity index (χ4v) is 3.69. The third-order valence-electron chi connectivity index (χ3n) is 4.89. The number of carbonyl (C=O) groups excluding carboxylic acids is 1. The van der Waals surface area contributed by atoms with E-state index in [1.807, 2.05) is 35.2 Å². The Morgan fingerprint density at radius 3 is 2.78 bits per heavy atom. The maximum Gasteiger partial charge on any atom is 0.222 e. The number of nitrogens with zero attached hydrogens (tertiary/aromatic N) is 2. The summed E-state index contributed by atoms with van der Waals surface area (Å²) >= 11 is 6.20. The molecule has 3 N–H and O–H groups in total. The van der Waals surface area contributed by atoms with Gasteiger partial charge in [-0.2, -0.15) is 0 Å². The van der Waals surface area contributed by atoms with E-state index < -0.39 is 0 Å². The van der Waals surface area contributed by atoms with Crippen molar-refractivity contribution in [2.45, 2.75) is 25.9 Å². The number of pyridine rings is 1. The molecule has 27 heavy (non-hydrogen) atoms. The molecule has 5 nitrogen and oxygen atoms in total. The summed E-state index contributed by atoms with van der Waals surface area (Å²) in [6.07, 6.45) is 1.62. The summed E-state index contributed by atoms with van der Waals surface area (Å²) in [5.41, 5.74) is 10.5. The molecule has 0 saturated carbocycles. The molecule has 1 fully saturated rings. The van der Waals surface area contributed by atoms with E-state index in [1.54, 1.807) is 0 Å². The van der Waals surface area contributed by atoms with Crippen molar-refractivity contribution in [1.82, 2.24) is 9.88 Å². The van der Waals surface area contributed by atoms with Gasteiger partial charge in [0.05, 0.1) is 16.9 Å². The summed E-state index contributed by atoms with van der Waals surface area (Å²) in [6.45, 7) is 2.12. The monoisotopic (exact) mass is 380 g/mol. The van der Waals surface area contributed by atoms with Gasteiger partial charge in [-0.05, 0) is 23.6 Å². The largest absolute Gasteiger partial charge is 0.395 e. The van der Waals surface area contributed by atoms with Gasteiger partial charge in [0.25, 0.3) is 0 Å². The summed E-state index contributed by atoms with van der Waals surface area (Å²) in [6, 6.07) is 16.0. The molecule has 4 rings (SSSR count). The Labute approximate surface area is 163 Å². The lowest BCUT2D eigenvalue weighted by Gasteiger charge is -2.17. The minimum atomic E-state index is 0.240. The van der Waals surface area contributed by atoms with Crippen molar-refractivity contribution >= 4 is 39.8 Å². The maximum atomic E-state index is 11.8. The zero-order chi connectivity index (χ0) is 18.8. The number of aromatic nitrogens is 1. The predicted molar refractivity (Wildman–Crippen MR) is 110 cm³/mol. The molecule has 0 unspecified atom stereocenters. The van der Waals surface area contributed by atoms with Crippen LogP contribution in [0.5, 0.6) is 0 Å². The number of hydrogen-bond donors (Lipinski definition) is 2. The number of carbonyl (C=O) groups is 1. The molecule has 138 valence electrons. The molecule has 0 atom stereocenters. The Bertz CT molecular complexity index is 1000. The van der Waals surface area contributed by atoms with Crippen LogP contribution in [0.25, 0.3) is 10.9 Å². The van der Waals surface area contributed by atoms with Crippen LogP contribution in [0.1, 0.15) is 24.0 Å². The Morgan fingerprint density at radius 2 is 1.96 bits per heavy atom. The van der Waals surface area contributed by atoms with Crippen molar-refractivity contribution in [3.05, 3.63) is 64.8 Å². The Morgan fingerprint density at radius 1 is 1.15 bits per heavy atom. The highest BCUT2D eigenvalue weighted by atomic mass is 35.5. The second kappa shape index (κ2) is 7.45. The van der Waals surface area contributed by atoms with Crippen molar-refractivity contribution in [2.75, 3.05) is 17.6 Å². The van der Waals surface area contributed by atoms with Crippen LogP contribution in [0.15, 0.2) is 48.5 Å². The fourth-order valence-electron chi connectivity index (χ4n) is 3.51. The number of nitrogens with two attached hydrogens (primary N) is 1. The highest BCUT2D eigenvalue weighted by Gasteiger charge is 2.20. The molecule has 3 aromatic rings. The van der Waals surface area contributed by atoms with Crippen LogP contribution in [0.2, 0.25) is 5.15 Å². The number of anilines is 2. The first kappa shape index (κ1) is 17.6. The average Bonchev–Trinajstić information content (AvgIpc) is 3.07. The molecule has 1 saturated heterocycles. The number of hydrogen-bond acceptors (Lipinski definition) is 4. The molecule has 0 bridgehead atoms. The first-order valence-corrected chi connectivity index (χ1v) is 9.43. The number of amides is 1. The van der Waals surface area contributed by atoms with E-state index in [1.165, 1.54) is 0 Å². The summed E-state index contributed by atoms with van der Waals surface area (Å²) < 4.78 is 0. The lowest BCUT2D eigenvalue weighted by atomic mass is 10.1. The molecular formula is C21H21ClN4O. The van der Waals surface area contributed by atoms with Gasteiger partial charge in [0.2, 0.25) is 5.91 Å². The van der Waals surface area contributed by atoms with Gasteiger partial charge in [-0.25, -0.2) is 4.98 Å². The van der Waals surface area contributed by atoms with Gasteiger partial charge in [0.15, 0.2) is 5.15 Å². The summed E-state index contributed by atoms with van der Waals surface area (Å²) in [7, 11) is 0. The zero-order valence-electron chi connectivity index (χ0n) is 14.9. The van der Waals surface area contributed by atoms with Gasteiger partial charge >= 0.3 is 0 Å². The smallest absolute Gasteiger partial charge is 0.222 e. The molecule has 1 aliphatic rings. The summed E-state index contributed by atoms with van der Waals surface area (Å²) in [5.74, 6) is 0.240. The SMILES string of the molecule is Nc1c(Cl)nc2ccccc2c1NCc1cccc(CN2CCCC2=O)c1. The molecule has 1 aliphatic heterocycles. The molecule has 0 radical (unpaired) electrons.